The molecule has 0 saturated carbocycles. The fourth-order valence-corrected chi connectivity index (χ4v) is 19.6. The molecule has 0 fully saturated rings. The largest absolute Gasteiger partial charge is 0.311 e. The molecule has 0 spiro atoms. The van der Waals surface area contributed by atoms with E-state index in [1.54, 1.807) is 0 Å². The van der Waals surface area contributed by atoms with Crippen LogP contribution in [-0.4, -0.2) is 22.8 Å². The van der Waals surface area contributed by atoms with Crippen LogP contribution in [0, 0.1) is 90.0 Å². The van der Waals surface area contributed by atoms with Gasteiger partial charge >= 0.3 is 0 Å². The Morgan fingerprint density at radius 1 is 0.199 bits per heavy atom. The third-order valence-electron chi connectivity index (χ3n) is 27.5. The molecule has 0 atom stereocenters. The average Bonchev–Trinajstić information content (AvgIpc) is 1.65. The number of benzene rings is 8. The highest BCUT2D eigenvalue weighted by Gasteiger charge is 2.31. The number of para-hydroxylation sites is 3. The normalized spacial score (nSPS) is 11.3. The maximum Gasteiger partial charge on any atom is 0.229 e. The Hall–Kier alpha value is -14.1. The Bertz CT molecular complexity index is 7130. The molecule has 18 rings (SSSR count). The minimum atomic E-state index is 0.409. The molecule has 0 aliphatic heterocycles. The summed E-state index contributed by atoms with van der Waals surface area (Å²) in [5, 5.41) is 0. The van der Waals surface area contributed by atoms with Crippen LogP contribution < -0.4 is 22.8 Å². The summed E-state index contributed by atoms with van der Waals surface area (Å²) >= 11 is 0. The van der Waals surface area contributed by atoms with E-state index in [1.807, 2.05) is 0 Å². The van der Waals surface area contributed by atoms with Crippen molar-refractivity contribution in [1.29, 1.82) is 0 Å². The second-order valence-corrected chi connectivity index (χ2v) is 38.9. The first-order valence-electron chi connectivity index (χ1n) is 48.6. The van der Waals surface area contributed by atoms with Gasteiger partial charge in [-0.2, -0.15) is 22.8 Å². The summed E-state index contributed by atoms with van der Waals surface area (Å²) in [5.74, 6) is 2.26. The fraction of sp³-hybridized carbons (Fsp3) is 0.262. The quantitative estimate of drug-likeness (QED) is 0.0769. The van der Waals surface area contributed by atoms with Crippen LogP contribution in [-0.2, 0) is 35.2 Å². The average molecular weight is 1800 g/mol. The van der Waals surface area contributed by atoms with Gasteiger partial charge in [0, 0.05) is 108 Å². The van der Waals surface area contributed by atoms with Gasteiger partial charge in [0.05, 0.1) is 22.7 Å². The Kier molecular flexibility index (Phi) is 30.7. The molecule has 10 nitrogen and oxygen atoms in total. The van der Waals surface area contributed by atoms with Gasteiger partial charge < -0.3 is 22.8 Å². The van der Waals surface area contributed by atoms with Crippen molar-refractivity contribution in [1.82, 2.24) is 22.8 Å². The van der Waals surface area contributed by atoms with Crippen LogP contribution in [0.5, 0.6) is 0 Å². The molecule has 0 amide bonds. The number of rotatable bonds is 18. The van der Waals surface area contributed by atoms with Crippen LogP contribution in [0.1, 0.15) is 199 Å². The Labute approximate surface area is 812 Å². The summed E-state index contributed by atoms with van der Waals surface area (Å²) in [4.78, 5) is 0. The van der Waals surface area contributed by atoms with Crippen LogP contribution in [0.2, 0.25) is 0 Å². The van der Waals surface area contributed by atoms with E-state index in [-0.39, 0.29) is 0 Å². The van der Waals surface area contributed by atoms with E-state index >= 15 is 0 Å². The number of hydrogen-bond donors (Lipinski definition) is 0. The van der Waals surface area contributed by atoms with Crippen molar-refractivity contribution >= 4 is 0 Å². The molecule has 136 heavy (non-hydrogen) atoms. The second-order valence-electron chi connectivity index (χ2n) is 38.9. The number of pyridine rings is 5. The van der Waals surface area contributed by atoms with E-state index in [4.69, 9.17) is 0 Å². The number of aryl methyl sites for hydroxylation is 13. The van der Waals surface area contributed by atoms with E-state index in [0.29, 0.717) is 29.6 Å². The summed E-state index contributed by atoms with van der Waals surface area (Å²) < 4.78 is 23.0. The standard InChI is InChI=1S/C30H27N2.C30H35N2.C24H31N2.2C21H25N2/c1-22-21-32(29(23(22)2)28-19-10-11-20-31(28)3)30-26(24-13-6-4-7-14-24)17-12-18-27(30)25-15-8-5-9-16-25;1-20(2)26-17-25(24-13-9-8-10-14-24)18-27(21(3)4)30(26)32-19-22(5)23(6)29(32)28-15-11-12-16-31(28)7;1-16(2)20-11-10-12-21(17(3)4)24(20)26-15-18(5)19(6)23(26)22-13-8-9-14-25(22)7;1-14-11-15(2)20(16(3)12-14)23-13-17(4)18(5)21(23)19-9-7-8-10-22(19)6;1-15(2)18-10-6-7-11-19(18)23-14-16(3)17(4)21(23)20-12-8-9-13-22(20)5/h4-21H,1-3H3;8-21H,1-7H3;8-17H,1-7H3;7-13H,1-6H3;6-15H,1-5H3/q5*+1. The summed E-state index contributed by atoms with van der Waals surface area (Å²) in [5.41, 5.74) is 50.6. The first-order valence-corrected chi connectivity index (χ1v) is 48.6. The predicted molar refractivity (Wildman–Crippen MR) is 570 cm³/mol. The van der Waals surface area contributed by atoms with Gasteiger partial charge in [-0.25, -0.2) is 0 Å². The van der Waals surface area contributed by atoms with Gasteiger partial charge in [-0.1, -0.05) is 233 Å². The molecule has 0 aliphatic carbocycles. The van der Waals surface area contributed by atoms with Gasteiger partial charge in [0.1, 0.15) is 63.7 Å². The zero-order valence-electron chi connectivity index (χ0n) is 86.0. The number of nitrogens with zero attached hydrogens (tertiary/aromatic N) is 10. The van der Waals surface area contributed by atoms with E-state index in [2.05, 4.69) is 569 Å². The predicted octanol–water partition coefficient (Wildman–Crippen LogP) is 29.5. The maximum atomic E-state index is 2.46. The summed E-state index contributed by atoms with van der Waals surface area (Å²) in [6.45, 7) is 51.6. The van der Waals surface area contributed by atoms with Crippen LogP contribution in [0.3, 0.4) is 0 Å². The highest BCUT2D eigenvalue weighted by atomic mass is 15.1. The molecule has 8 aromatic carbocycles. The Morgan fingerprint density at radius 2 is 0.449 bits per heavy atom. The van der Waals surface area contributed by atoms with Crippen LogP contribution in [0.25, 0.3) is 119 Å². The molecule has 692 valence electrons. The summed E-state index contributed by atoms with van der Waals surface area (Å²) in [6, 6.07) is 95.6. The third kappa shape index (κ3) is 20.5. The SMILES string of the molecule is Cc1cc(C)c(-n2cc(C)c(C)c2-c2cccc[n+]2C)c(C)c1.Cc1cn(-c2c(-c3ccccc3)cccc2-c2ccccc2)c(-c2cccc[n+]2C)c1C.Cc1cn(-c2c(C(C)C)cc(-c3ccccc3)cc2C(C)C)c(-c2cccc[n+]2C)c1C.Cc1cn(-c2c(C(C)C)cccc2C(C)C)c(-c2cccc[n+]2C)c1C.Cc1cn(-c2ccccc2C(C)C)c(-c2cccc[n+]2C)c1C. The molecule has 10 aromatic heterocycles. The van der Waals surface area contributed by atoms with Gasteiger partial charge in [-0.15, -0.1) is 0 Å². The van der Waals surface area contributed by atoms with Gasteiger partial charge in [0.2, 0.25) is 28.5 Å². The topological polar surface area (TPSA) is 44.0 Å². The Morgan fingerprint density at radius 3 is 0.765 bits per heavy atom. The van der Waals surface area contributed by atoms with Crippen LogP contribution >= 0.6 is 0 Å². The minimum absolute atomic E-state index is 0.409. The molecular formula is C126H143N10+5. The smallest absolute Gasteiger partial charge is 0.229 e. The van der Waals surface area contributed by atoms with Gasteiger partial charge in [-0.3, -0.25) is 0 Å². The van der Waals surface area contributed by atoms with E-state index in [0.717, 1.165) is 0 Å². The highest BCUT2D eigenvalue weighted by molar-refractivity contribution is 5.87. The number of hydrogen-bond acceptors (Lipinski definition) is 0. The first-order chi connectivity index (χ1) is 65.2. The van der Waals surface area contributed by atoms with Gasteiger partial charge in [0.15, 0.2) is 31.0 Å². The lowest BCUT2D eigenvalue weighted by Gasteiger charge is -2.24. The Balaban J connectivity index is 0.000000137. The molecule has 10 heterocycles. The van der Waals surface area contributed by atoms with Crippen molar-refractivity contribution in [2.75, 3.05) is 0 Å². The van der Waals surface area contributed by atoms with E-state index in [9.17, 15) is 0 Å². The van der Waals surface area contributed by atoms with Crippen molar-refractivity contribution in [2.24, 2.45) is 35.2 Å². The lowest BCUT2D eigenvalue weighted by atomic mass is 9.88. The van der Waals surface area contributed by atoms with Gasteiger partial charge in [0.25, 0.3) is 0 Å². The molecular weight excluding hydrogens is 1650 g/mol. The lowest BCUT2D eigenvalue weighted by Crippen LogP contribution is -2.31. The van der Waals surface area contributed by atoms with E-state index in [1.165, 1.54) is 219 Å². The van der Waals surface area contributed by atoms with Crippen molar-refractivity contribution in [2.45, 2.75) is 189 Å². The maximum absolute atomic E-state index is 2.46. The van der Waals surface area contributed by atoms with Gasteiger partial charge in [-0.05, 0) is 285 Å². The zero-order chi connectivity index (χ0) is 97.4. The van der Waals surface area contributed by atoms with Crippen molar-refractivity contribution in [3.8, 4) is 119 Å². The van der Waals surface area contributed by atoms with Crippen molar-refractivity contribution in [3.05, 3.63) is 429 Å². The number of aromatic nitrogens is 10. The van der Waals surface area contributed by atoms with E-state index < -0.39 is 0 Å². The molecule has 0 saturated heterocycles. The molecule has 10 heteroatoms. The van der Waals surface area contributed by atoms with Crippen LogP contribution in [0.4, 0.5) is 0 Å². The molecule has 18 aromatic rings. The zero-order valence-corrected chi connectivity index (χ0v) is 86.0. The fourth-order valence-electron chi connectivity index (χ4n) is 19.6. The van der Waals surface area contributed by atoms with Crippen molar-refractivity contribution in [3.63, 3.8) is 0 Å². The first kappa shape index (κ1) is 97.9. The summed E-state index contributed by atoms with van der Waals surface area (Å²) in [6.07, 6.45) is 22.0. The second kappa shape index (κ2) is 42.6. The monoisotopic (exact) mass is 1800 g/mol. The van der Waals surface area contributed by atoms with Crippen molar-refractivity contribution < 1.29 is 22.8 Å². The molecule has 0 aliphatic rings. The van der Waals surface area contributed by atoms with Crippen LogP contribution in [0.15, 0.2) is 329 Å². The molecule has 0 unspecified atom stereocenters. The molecule has 0 radical (unpaired) electrons. The molecule has 0 bridgehead atoms. The third-order valence-corrected chi connectivity index (χ3v) is 27.5. The highest BCUT2D eigenvalue weighted by Crippen LogP contribution is 2.45. The summed E-state index contributed by atoms with van der Waals surface area (Å²) in [7, 11) is 10.6. The minimum Gasteiger partial charge on any atom is -0.311 e. The lowest BCUT2D eigenvalue weighted by molar-refractivity contribution is -0.660. The molecule has 0 N–H and O–H groups in total.